The molecule has 1 saturated heterocycles. The number of hydrogen-bond donors (Lipinski definition) is 1. The molecule has 0 bridgehead atoms. The van der Waals surface area contributed by atoms with Crippen molar-refractivity contribution in [3.05, 3.63) is 23.8 Å². The molecule has 0 radical (unpaired) electrons. The summed E-state index contributed by atoms with van der Waals surface area (Å²) in [6.45, 7) is 9.80. The first-order valence-corrected chi connectivity index (χ1v) is 7.74. The maximum atomic E-state index is 5.72. The van der Waals surface area contributed by atoms with Crippen LogP contribution in [0, 0.1) is 12.8 Å². The lowest BCUT2D eigenvalue weighted by atomic mass is 9.97. The molecule has 2 rings (SSSR count). The molecule has 3 heteroatoms. The highest BCUT2D eigenvalue weighted by Crippen LogP contribution is 2.23. The van der Waals surface area contributed by atoms with E-state index in [1.807, 2.05) is 0 Å². The van der Waals surface area contributed by atoms with Crippen LogP contribution in [0.4, 0.5) is 5.69 Å². The van der Waals surface area contributed by atoms with Gasteiger partial charge in [-0.2, -0.15) is 0 Å². The summed E-state index contributed by atoms with van der Waals surface area (Å²) in [5, 5.41) is 3.60. The number of ether oxygens (including phenoxy) is 1. The van der Waals surface area contributed by atoms with Crippen molar-refractivity contribution in [3.8, 4) is 5.75 Å². The summed E-state index contributed by atoms with van der Waals surface area (Å²) >= 11 is 0. The Morgan fingerprint density at radius 1 is 1.30 bits per heavy atom. The summed E-state index contributed by atoms with van der Waals surface area (Å²) < 4.78 is 5.72. The molecule has 1 N–H and O–H groups in total. The fraction of sp³-hybridized carbons (Fsp3) is 0.647. The van der Waals surface area contributed by atoms with Gasteiger partial charge in [0.05, 0.1) is 6.10 Å². The Bertz CT molecular complexity index is 423. The normalized spacial score (nSPS) is 17.4. The number of nitrogens with one attached hydrogen (secondary N) is 1. The molecule has 20 heavy (non-hydrogen) atoms. The van der Waals surface area contributed by atoms with Crippen molar-refractivity contribution in [3.63, 3.8) is 0 Å². The van der Waals surface area contributed by atoms with E-state index in [0.717, 1.165) is 18.2 Å². The highest BCUT2D eigenvalue weighted by Gasteiger charge is 2.16. The second-order valence-electron chi connectivity index (χ2n) is 6.27. The van der Waals surface area contributed by atoms with E-state index in [0.29, 0.717) is 0 Å². The van der Waals surface area contributed by atoms with Crippen molar-refractivity contribution in [2.75, 3.05) is 32.0 Å². The molecule has 0 atom stereocenters. The number of rotatable bonds is 5. The topological polar surface area (TPSA) is 24.5 Å². The van der Waals surface area contributed by atoms with Gasteiger partial charge >= 0.3 is 0 Å². The van der Waals surface area contributed by atoms with Crippen LogP contribution >= 0.6 is 0 Å². The van der Waals surface area contributed by atoms with Gasteiger partial charge in [0.15, 0.2) is 0 Å². The fourth-order valence-electron chi connectivity index (χ4n) is 2.70. The van der Waals surface area contributed by atoms with E-state index in [-0.39, 0.29) is 6.10 Å². The third-order valence-electron chi connectivity index (χ3n) is 3.99. The monoisotopic (exact) mass is 276 g/mol. The van der Waals surface area contributed by atoms with Gasteiger partial charge in [0, 0.05) is 12.2 Å². The molecule has 0 aliphatic carbocycles. The zero-order chi connectivity index (χ0) is 14.5. The summed E-state index contributed by atoms with van der Waals surface area (Å²) in [4.78, 5) is 2.42. The van der Waals surface area contributed by atoms with Gasteiger partial charge in [-0.25, -0.2) is 0 Å². The van der Waals surface area contributed by atoms with E-state index in [1.54, 1.807) is 0 Å². The zero-order valence-corrected chi connectivity index (χ0v) is 13.3. The van der Waals surface area contributed by atoms with E-state index in [2.05, 4.69) is 56.2 Å². The molecule has 0 spiro atoms. The molecule has 112 valence electrons. The molecule has 0 amide bonds. The number of aryl methyl sites for hydroxylation is 1. The maximum absolute atomic E-state index is 5.72. The van der Waals surface area contributed by atoms with Crippen LogP contribution in [0.15, 0.2) is 18.2 Å². The van der Waals surface area contributed by atoms with E-state index < -0.39 is 0 Å². The molecule has 1 aromatic rings. The van der Waals surface area contributed by atoms with Crippen molar-refractivity contribution in [1.29, 1.82) is 0 Å². The van der Waals surface area contributed by atoms with Gasteiger partial charge in [0.25, 0.3) is 0 Å². The molecule has 0 saturated carbocycles. The van der Waals surface area contributed by atoms with E-state index in [9.17, 15) is 0 Å². The Balaban J connectivity index is 1.86. The standard InChI is InChI=1S/C17H28N2O/c1-13(2)20-16-5-6-17(14(3)11-16)18-12-15-7-9-19(4)10-8-15/h5-6,11,13,15,18H,7-10,12H2,1-4H3. The molecule has 1 aliphatic rings. The third kappa shape index (κ3) is 4.41. The lowest BCUT2D eigenvalue weighted by Gasteiger charge is -2.29. The molecule has 1 heterocycles. The molecule has 3 nitrogen and oxygen atoms in total. The first-order valence-electron chi connectivity index (χ1n) is 7.74. The van der Waals surface area contributed by atoms with E-state index in [1.165, 1.54) is 37.2 Å². The van der Waals surface area contributed by atoms with Gasteiger partial charge in [-0.05, 0) is 83.4 Å². The molecule has 0 unspecified atom stereocenters. The smallest absolute Gasteiger partial charge is 0.120 e. The Morgan fingerprint density at radius 3 is 2.60 bits per heavy atom. The van der Waals surface area contributed by atoms with Crippen molar-refractivity contribution < 1.29 is 4.74 Å². The minimum atomic E-state index is 0.229. The molecule has 1 aliphatic heterocycles. The quantitative estimate of drug-likeness (QED) is 0.890. The predicted octanol–water partition coefficient (Wildman–Crippen LogP) is 3.54. The summed E-state index contributed by atoms with van der Waals surface area (Å²) in [6, 6.07) is 6.32. The van der Waals surface area contributed by atoms with E-state index >= 15 is 0 Å². The van der Waals surface area contributed by atoms with Crippen LogP contribution in [0.1, 0.15) is 32.3 Å². The summed E-state index contributed by atoms with van der Waals surface area (Å²) in [6.07, 6.45) is 2.83. The summed E-state index contributed by atoms with van der Waals surface area (Å²) in [5.74, 6) is 1.76. The van der Waals surface area contributed by atoms with Crippen LogP contribution < -0.4 is 10.1 Å². The van der Waals surface area contributed by atoms with Crippen LogP contribution in [0.2, 0.25) is 0 Å². The lowest BCUT2D eigenvalue weighted by Crippen LogP contribution is -2.33. The molecule has 0 aromatic heterocycles. The Labute approximate surface area is 123 Å². The van der Waals surface area contributed by atoms with Gasteiger partial charge in [-0.15, -0.1) is 0 Å². The van der Waals surface area contributed by atoms with Gasteiger partial charge in [-0.3, -0.25) is 0 Å². The fourth-order valence-corrected chi connectivity index (χ4v) is 2.70. The Hall–Kier alpha value is -1.22. The molecule has 1 aromatic carbocycles. The Kier molecular flexibility index (Phi) is 5.30. The highest BCUT2D eigenvalue weighted by molar-refractivity contribution is 5.53. The van der Waals surface area contributed by atoms with Gasteiger partial charge in [-0.1, -0.05) is 0 Å². The summed E-state index contributed by atoms with van der Waals surface area (Å²) in [7, 11) is 2.21. The molecule has 1 fully saturated rings. The van der Waals surface area contributed by atoms with Crippen LogP contribution in [0.25, 0.3) is 0 Å². The van der Waals surface area contributed by atoms with Crippen LogP contribution in [0.3, 0.4) is 0 Å². The highest BCUT2D eigenvalue weighted by atomic mass is 16.5. The second kappa shape index (κ2) is 6.98. The van der Waals surface area contributed by atoms with E-state index in [4.69, 9.17) is 4.74 Å². The minimum Gasteiger partial charge on any atom is -0.491 e. The Morgan fingerprint density at radius 2 is 2.00 bits per heavy atom. The number of benzene rings is 1. The zero-order valence-electron chi connectivity index (χ0n) is 13.3. The van der Waals surface area contributed by atoms with Crippen molar-refractivity contribution in [2.24, 2.45) is 5.92 Å². The SMILES string of the molecule is Cc1cc(OC(C)C)ccc1NCC1CCN(C)CC1. The molecular formula is C17H28N2O. The van der Waals surface area contributed by atoms with Gasteiger partial charge in [0.1, 0.15) is 5.75 Å². The number of hydrogen-bond acceptors (Lipinski definition) is 3. The first kappa shape index (κ1) is 15.2. The average Bonchev–Trinajstić information content (AvgIpc) is 2.39. The predicted molar refractivity (Wildman–Crippen MR) is 85.7 cm³/mol. The first-order chi connectivity index (χ1) is 9.54. The van der Waals surface area contributed by atoms with Crippen molar-refractivity contribution in [2.45, 2.75) is 39.7 Å². The van der Waals surface area contributed by atoms with Crippen LogP contribution in [0.5, 0.6) is 5.75 Å². The third-order valence-corrected chi connectivity index (χ3v) is 3.99. The largest absolute Gasteiger partial charge is 0.491 e. The van der Waals surface area contributed by atoms with Gasteiger partial charge < -0.3 is 15.0 Å². The maximum Gasteiger partial charge on any atom is 0.120 e. The number of anilines is 1. The van der Waals surface area contributed by atoms with Crippen LogP contribution in [-0.2, 0) is 0 Å². The summed E-state index contributed by atoms with van der Waals surface area (Å²) in [5.41, 5.74) is 2.50. The number of nitrogens with zero attached hydrogens (tertiary/aromatic N) is 1. The van der Waals surface area contributed by atoms with Gasteiger partial charge in [0.2, 0.25) is 0 Å². The number of likely N-dealkylation sites (tertiary alicyclic amines) is 1. The van der Waals surface area contributed by atoms with Crippen LogP contribution in [-0.4, -0.2) is 37.7 Å². The average molecular weight is 276 g/mol. The van der Waals surface area contributed by atoms with Crippen molar-refractivity contribution >= 4 is 5.69 Å². The lowest BCUT2D eigenvalue weighted by molar-refractivity contribution is 0.226. The molecular weight excluding hydrogens is 248 g/mol. The number of piperidine rings is 1. The minimum absolute atomic E-state index is 0.229. The van der Waals surface area contributed by atoms with Crippen molar-refractivity contribution in [1.82, 2.24) is 4.90 Å². The second-order valence-corrected chi connectivity index (χ2v) is 6.27.